The van der Waals surface area contributed by atoms with E-state index in [2.05, 4.69) is 53.0 Å². The van der Waals surface area contributed by atoms with Gasteiger partial charge < -0.3 is 4.52 Å². The number of halogens is 2. The number of hydrogen-bond donors (Lipinski definition) is 0. The van der Waals surface area contributed by atoms with Crippen molar-refractivity contribution < 1.29 is 17.1 Å². The lowest BCUT2D eigenvalue weighted by Gasteiger charge is -2.27. The van der Waals surface area contributed by atoms with Gasteiger partial charge in [-0.3, -0.25) is 4.18 Å². The van der Waals surface area contributed by atoms with Gasteiger partial charge in [0.1, 0.15) is 6.10 Å². The second-order valence-electron chi connectivity index (χ2n) is 9.75. The summed E-state index contributed by atoms with van der Waals surface area (Å²) >= 11 is 8.36. The standard InChI is InChI=1S/C30H30ClINO4PS/c1-30(2,37-38-32)27-10-5-4-8-22(27)14-18-29(36-39(3,34)35)24-9-6-7-21(19-24)11-16-26-17-13-23-12-15-25(31)20-28(23)33-26/h4-13,15-17,19-20,29,38H,14,18H2,1-3H3/b16-11+. The van der Waals surface area contributed by atoms with Crippen LogP contribution in [0.4, 0.5) is 0 Å². The van der Waals surface area contributed by atoms with Gasteiger partial charge in [0.25, 0.3) is 10.1 Å². The van der Waals surface area contributed by atoms with Gasteiger partial charge in [0.15, 0.2) is 0 Å². The summed E-state index contributed by atoms with van der Waals surface area (Å²) in [7, 11) is -3.68. The molecule has 0 saturated heterocycles. The largest absolute Gasteiger partial charge is 0.341 e. The fourth-order valence-corrected chi connectivity index (χ4v) is 7.24. The Morgan fingerprint density at radius 1 is 1.03 bits per heavy atom. The van der Waals surface area contributed by atoms with Crippen molar-refractivity contribution in [2.75, 3.05) is 6.26 Å². The molecule has 0 aliphatic carbocycles. The van der Waals surface area contributed by atoms with Crippen molar-refractivity contribution in [1.82, 2.24) is 4.98 Å². The van der Waals surface area contributed by atoms with Crippen LogP contribution in [0.5, 0.6) is 0 Å². The van der Waals surface area contributed by atoms with E-state index in [0.717, 1.165) is 45.1 Å². The highest BCUT2D eigenvalue weighted by atomic mass is 127. The van der Waals surface area contributed by atoms with E-state index in [-0.39, 0.29) is 0 Å². The highest BCUT2D eigenvalue weighted by molar-refractivity contribution is 14.2. The predicted octanol–water partition coefficient (Wildman–Crippen LogP) is 8.90. The first kappa shape index (κ1) is 30.1. The molecule has 9 heteroatoms. The molecule has 2 atom stereocenters. The third-order valence-electron chi connectivity index (χ3n) is 6.33. The lowest BCUT2D eigenvalue weighted by Crippen LogP contribution is -2.20. The van der Waals surface area contributed by atoms with Crippen LogP contribution in [0, 0.1) is 0 Å². The summed E-state index contributed by atoms with van der Waals surface area (Å²) in [5.41, 5.74) is 5.09. The van der Waals surface area contributed by atoms with Gasteiger partial charge in [0.2, 0.25) is 0 Å². The molecule has 0 amide bonds. The summed E-state index contributed by atoms with van der Waals surface area (Å²) in [6, 6.07) is 25.5. The molecule has 4 rings (SSSR count). The number of pyridine rings is 1. The molecule has 0 aliphatic rings. The van der Waals surface area contributed by atoms with E-state index >= 15 is 0 Å². The Morgan fingerprint density at radius 2 is 1.79 bits per heavy atom. The molecule has 0 fully saturated rings. The van der Waals surface area contributed by atoms with E-state index in [1.807, 2.05) is 78.9 Å². The summed E-state index contributed by atoms with van der Waals surface area (Å²) in [5.74, 6) is 0. The minimum Gasteiger partial charge on any atom is -0.341 e. The molecular formula is C30H30ClINO4PS. The minimum absolute atomic E-state index is 0.329. The Labute approximate surface area is 250 Å². The Balaban J connectivity index is 1.58. The molecule has 0 bridgehead atoms. The molecule has 5 nitrogen and oxygen atoms in total. The monoisotopic (exact) mass is 693 g/mol. The van der Waals surface area contributed by atoms with Crippen molar-refractivity contribution >= 4 is 73.3 Å². The normalized spacial score (nSPS) is 13.6. The zero-order chi connectivity index (χ0) is 28.0. The van der Waals surface area contributed by atoms with Crippen LogP contribution in [0.15, 0.2) is 78.9 Å². The van der Waals surface area contributed by atoms with E-state index < -0.39 is 21.8 Å². The maximum atomic E-state index is 12.2. The molecule has 0 radical (unpaired) electrons. The predicted molar refractivity (Wildman–Crippen MR) is 172 cm³/mol. The number of rotatable bonds is 11. The Hall–Kier alpha value is -1.87. The topological polar surface area (TPSA) is 65.5 Å². The molecule has 0 aliphatic heterocycles. The van der Waals surface area contributed by atoms with Crippen LogP contribution < -0.4 is 0 Å². The smallest absolute Gasteiger partial charge is 0.264 e. The zero-order valence-electron chi connectivity index (χ0n) is 21.9. The van der Waals surface area contributed by atoms with Crippen LogP contribution >= 0.6 is 40.1 Å². The lowest BCUT2D eigenvalue weighted by atomic mass is 9.90. The first-order valence-corrected chi connectivity index (χ1v) is 18.6. The summed E-state index contributed by atoms with van der Waals surface area (Å²) in [6.07, 6.45) is 5.48. The van der Waals surface area contributed by atoms with Crippen LogP contribution in [0.1, 0.15) is 54.3 Å². The molecule has 0 saturated carbocycles. The highest BCUT2D eigenvalue weighted by Crippen LogP contribution is 2.38. The van der Waals surface area contributed by atoms with Gasteiger partial charge in [-0.2, -0.15) is 8.42 Å². The summed E-state index contributed by atoms with van der Waals surface area (Å²) in [4.78, 5) is 4.68. The van der Waals surface area contributed by atoms with Gasteiger partial charge in [-0.05, 0) is 101 Å². The Bertz CT molecular complexity index is 1590. The SMILES string of the molecule is CC(C)(OPI)c1ccccc1CCC(OS(C)(=O)=O)c1cccc(/C=C/c2ccc3ccc(Cl)cc3n2)c1. The van der Waals surface area contributed by atoms with Crippen LogP contribution in [0.3, 0.4) is 0 Å². The fraction of sp³-hybridized carbons (Fsp3) is 0.233. The molecule has 1 aromatic heterocycles. The van der Waals surface area contributed by atoms with Crippen LogP contribution in [0.2, 0.25) is 5.02 Å². The number of hydrogen-bond acceptors (Lipinski definition) is 5. The molecule has 1 heterocycles. The molecule has 0 spiro atoms. The van der Waals surface area contributed by atoms with Gasteiger partial charge in [0, 0.05) is 10.4 Å². The average molecular weight is 694 g/mol. The van der Waals surface area contributed by atoms with Crippen LogP contribution in [0.25, 0.3) is 23.1 Å². The molecule has 3 aromatic carbocycles. The van der Waals surface area contributed by atoms with Crippen molar-refractivity contribution in [2.45, 2.75) is 38.4 Å². The third-order valence-corrected chi connectivity index (χ3v) is 8.40. The highest BCUT2D eigenvalue weighted by Gasteiger charge is 2.25. The average Bonchev–Trinajstić information content (AvgIpc) is 2.89. The Morgan fingerprint density at radius 3 is 2.56 bits per heavy atom. The number of nitrogens with zero attached hydrogens (tertiary/aromatic N) is 1. The number of fused-ring (bicyclic) bond motifs is 1. The molecule has 204 valence electrons. The molecule has 4 aromatic rings. The fourth-order valence-electron chi connectivity index (χ4n) is 4.49. The van der Waals surface area contributed by atoms with E-state index in [9.17, 15) is 8.42 Å². The molecule has 2 unspecified atom stereocenters. The summed E-state index contributed by atoms with van der Waals surface area (Å²) in [6.45, 7) is 4.43. The maximum Gasteiger partial charge on any atom is 0.264 e. The van der Waals surface area contributed by atoms with Crippen LogP contribution in [-0.2, 0) is 30.8 Å². The number of benzene rings is 3. The van der Waals surface area contributed by atoms with Crippen molar-refractivity contribution in [3.8, 4) is 0 Å². The lowest BCUT2D eigenvalue weighted by molar-refractivity contribution is 0.136. The van der Waals surface area contributed by atoms with E-state index in [4.69, 9.17) is 20.3 Å². The number of aromatic nitrogens is 1. The molecule has 39 heavy (non-hydrogen) atoms. The van der Waals surface area contributed by atoms with E-state index in [1.54, 1.807) is 0 Å². The summed E-state index contributed by atoms with van der Waals surface area (Å²) in [5, 5.41) is 1.66. The molecular weight excluding hydrogens is 664 g/mol. The minimum atomic E-state index is -3.68. The van der Waals surface area contributed by atoms with Crippen molar-refractivity contribution in [1.29, 1.82) is 0 Å². The van der Waals surface area contributed by atoms with Gasteiger partial charge >= 0.3 is 0 Å². The second-order valence-corrected chi connectivity index (χ2v) is 13.5. The van der Waals surface area contributed by atoms with Gasteiger partial charge in [-0.15, -0.1) is 0 Å². The van der Waals surface area contributed by atoms with Gasteiger partial charge in [-0.1, -0.05) is 72.3 Å². The van der Waals surface area contributed by atoms with E-state index in [1.165, 1.54) is 0 Å². The zero-order valence-corrected chi connectivity index (χ0v) is 26.6. The third kappa shape index (κ3) is 8.56. The molecule has 0 N–H and O–H groups in total. The summed E-state index contributed by atoms with van der Waals surface area (Å²) < 4.78 is 36.0. The van der Waals surface area contributed by atoms with Gasteiger partial charge in [0.05, 0.1) is 29.5 Å². The maximum absolute atomic E-state index is 12.2. The first-order chi connectivity index (χ1) is 18.5. The quantitative estimate of drug-likeness (QED) is 0.0892. The number of aryl methyl sites for hydroxylation is 1. The van der Waals surface area contributed by atoms with Crippen molar-refractivity contribution in [3.63, 3.8) is 0 Å². The van der Waals surface area contributed by atoms with Crippen molar-refractivity contribution in [3.05, 3.63) is 112 Å². The van der Waals surface area contributed by atoms with Gasteiger partial charge in [-0.25, -0.2) is 4.98 Å². The Kier molecular flexibility index (Phi) is 10.2. The first-order valence-electron chi connectivity index (χ1n) is 12.4. The van der Waals surface area contributed by atoms with Crippen LogP contribution in [-0.4, -0.2) is 19.7 Å². The van der Waals surface area contributed by atoms with E-state index in [0.29, 0.717) is 24.3 Å². The second kappa shape index (κ2) is 13.2. The van der Waals surface area contributed by atoms with Crippen molar-refractivity contribution in [2.24, 2.45) is 0 Å².